The zero-order chi connectivity index (χ0) is 20.9. The molecular weight excluding hydrogens is 380 g/mol. The molecule has 2 aliphatic heterocycles. The van der Waals surface area contributed by atoms with E-state index in [9.17, 15) is 9.59 Å². The number of Topliss-reactive ketones (excluding diaryl/α,β-unsaturated/α-hetero) is 1. The summed E-state index contributed by atoms with van der Waals surface area (Å²) in [6.07, 6.45) is 12.2. The zero-order valence-corrected chi connectivity index (χ0v) is 17.5. The monoisotopic (exact) mass is 412 g/mol. The van der Waals surface area contributed by atoms with Crippen molar-refractivity contribution in [2.24, 2.45) is 22.9 Å². The summed E-state index contributed by atoms with van der Waals surface area (Å²) in [7, 11) is 0. The predicted octanol–water partition coefficient (Wildman–Crippen LogP) is 3.84. The average molecular weight is 413 g/mol. The molecule has 1 aromatic rings. The second kappa shape index (κ2) is 9.73. The number of hydrogen-bond donors (Lipinski definition) is 2. The molecule has 0 aromatic heterocycles. The Hall–Kier alpha value is -2.21. The number of aryl methyl sites for hydroxylation is 1. The molecule has 30 heavy (non-hydrogen) atoms. The molecule has 6 nitrogen and oxygen atoms in total. The highest BCUT2D eigenvalue weighted by atomic mass is 16.5. The third-order valence-corrected chi connectivity index (χ3v) is 7.11. The van der Waals surface area contributed by atoms with E-state index >= 15 is 0 Å². The van der Waals surface area contributed by atoms with Gasteiger partial charge in [-0.3, -0.25) is 4.79 Å². The fourth-order valence-electron chi connectivity index (χ4n) is 5.37. The number of carboxylic acid groups (broad SMARTS) is 1. The maximum Gasteiger partial charge on any atom is 0.335 e. The molecule has 4 atom stereocenters. The molecule has 162 valence electrons. The molecule has 2 saturated heterocycles. The van der Waals surface area contributed by atoms with Gasteiger partial charge in [-0.2, -0.15) is 5.10 Å². The van der Waals surface area contributed by atoms with Crippen molar-refractivity contribution in [1.82, 2.24) is 5.43 Å². The number of nitrogens with zero attached hydrogens (tertiary/aromatic N) is 1. The Bertz CT molecular complexity index is 770. The second-order valence-corrected chi connectivity index (χ2v) is 8.99. The van der Waals surface area contributed by atoms with E-state index in [1.54, 1.807) is 12.1 Å². The normalized spacial score (nSPS) is 28.8. The van der Waals surface area contributed by atoms with Gasteiger partial charge in [0.15, 0.2) is 5.78 Å². The number of ketones is 1. The first kappa shape index (κ1) is 21.0. The van der Waals surface area contributed by atoms with Crippen LogP contribution in [-0.4, -0.2) is 41.8 Å². The van der Waals surface area contributed by atoms with Gasteiger partial charge in [0.25, 0.3) is 0 Å². The van der Waals surface area contributed by atoms with Gasteiger partial charge >= 0.3 is 5.97 Å². The topological polar surface area (TPSA) is 88.0 Å². The highest BCUT2D eigenvalue weighted by molar-refractivity contribution is 5.87. The van der Waals surface area contributed by atoms with Gasteiger partial charge in [0, 0.05) is 18.1 Å². The third kappa shape index (κ3) is 4.91. The van der Waals surface area contributed by atoms with E-state index < -0.39 is 5.97 Å². The van der Waals surface area contributed by atoms with Crippen molar-refractivity contribution in [3.05, 3.63) is 35.4 Å². The van der Waals surface area contributed by atoms with Crippen molar-refractivity contribution < 1.29 is 19.4 Å². The van der Waals surface area contributed by atoms with E-state index in [1.165, 1.54) is 19.3 Å². The third-order valence-electron chi connectivity index (χ3n) is 7.11. The molecule has 0 amide bonds. The molecule has 0 radical (unpaired) electrons. The summed E-state index contributed by atoms with van der Waals surface area (Å²) in [4.78, 5) is 23.3. The smallest absolute Gasteiger partial charge is 0.335 e. The maximum atomic E-state index is 12.3. The van der Waals surface area contributed by atoms with Gasteiger partial charge in [-0.15, -0.1) is 0 Å². The van der Waals surface area contributed by atoms with E-state index in [1.807, 2.05) is 18.3 Å². The molecule has 1 aromatic carbocycles. The van der Waals surface area contributed by atoms with Gasteiger partial charge in [0.05, 0.1) is 24.3 Å². The first-order valence-corrected chi connectivity index (χ1v) is 11.4. The quantitative estimate of drug-likeness (QED) is 0.475. The minimum absolute atomic E-state index is 0.215. The number of carbonyl (C=O) groups is 2. The maximum absolute atomic E-state index is 12.3. The number of nitrogens with one attached hydrogen (secondary N) is 1. The Morgan fingerprint density at radius 2 is 1.80 bits per heavy atom. The molecule has 1 saturated carbocycles. The number of aromatic carboxylic acids is 1. The fraction of sp³-hybridized carbons (Fsp3) is 0.625. The van der Waals surface area contributed by atoms with E-state index in [0.29, 0.717) is 18.0 Å². The standard InChI is InChI=1S/C24H32N2O4/c27-21(17-4-2-1-3-5-17)15-26-25-14-20-19(22-12-13-23(20)30-22)11-8-16-6-9-18(10-7-16)24(28)29/h6-7,9-10,14,17,19-20,22-23,26H,1-5,8,11-13,15H2,(H,28,29)/b25-14+. The summed E-state index contributed by atoms with van der Waals surface area (Å²) in [5.41, 5.74) is 4.46. The Balaban J connectivity index is 1.28. The Morgan fingerprint density at radius 3 is 2.53 bits per heavy atom. The van der Waals surface area contributed by atoms with Crippen LogP contribution in [0.1, 0.15) is 67.3 Å². The van der Waals surface area contributed by atoms with Crippen molar-refractivity contribution in [2.45, 2.75) is 70.0 Å². The summed E-state index contributed by atoms with van der Waals surface area (Å²) >= 11 is 0. The van der Waals surface area contributed by atoms with Gasteiger partial charge in [-0.1, -0.05) is 31.4 Å². The van der Waals surface area contributed by atoms with Crippen LogP contribution in [-0.2, 0) is 16.0 Å². The van der Waals surface area contributed by atoms with E-state index in [4.69, 9.17) is 9.84 Å². The lowest BCUT2D eigenvalue weighted by atomic mass is 9.77. The molecular formula is C24H32N2O4. The first-order chi connectivity index (χ1) is 14.6. The van der Waals surface area contributed by atoms with Crippen molar-refractivity contribution in [1.29, 1.82) is 0 Å². The number of ether oxygens (including phenoxy) is 1. The highest BCUT2D eigenvalue weighted by Gasteiger charge is 2.47. The van der Waals surface area contributed by atoms with Gasteiger partial charge in [0.2, 0.25) is 0 Å². The van der Waals surface area contributed by atoms with Crippen molar-refractivity contribution >= 4 is 18.0 Å². The van der Waals surface area contributed by atoms with Crippen LogP contribution >= 0.6 is 0 Å². The summed E-state index contributed by atoms with van der Waals surface area (Å²) in [6.45, 7) is 0.323. The van der Waals surface area contributed by atoms with Gasteiger partial charge in [-0.25, -0.2) is 4.79 Å². The number of hydrogen-bond acceptors (Lipinski definition) is 5. The minimum atomic E-state index is -0.895. The number of hydrazone groups is 1. The lowest BCUT2D eigenvalue weighted by Crippen LogP contribution is -2.31. The van der Waals surface area contributed by atoms with Crippen molar-refractivity contribution in [3.8, 4) is 0 Å². The molecule has 2 N–H and O–H groups in total. The summed E-state index contributed by atoms with van der Waals surface area (Å²) in [5.74, 6) is 0.306. The molecule has 2 heterocycles. The Labute approximate surface area is 178 Å². The van der Waals surface area contributed by atoms with Crippen LogP contribution in [0.3, 0.4) is 0 Å². The minimum Gasteiger partial charge on any atom is -0.478 e. The largest absolute Gasteiger partial charge is 0.478 e. The number of rotatable bonds is 9. The SMILES string of the molecule is O=C(O)c1ccc(CCC2C3CCC(O3)C2/C=N/NCC(=O)C2CCCCC2)cc1. The average Bonchev–Trinajstić information content (AvgIpc) is 3.38. The van der Waals surface area contributed by atoms with Crippen LogP contribution in [0, 0.1) is 17.8 Å². The number of fused-ring (bicyclic) bond motifs is 2. The molecule has 3 fully saturated rings. The second-order valence-electron chi connectivity index (χ2n) is 8.99. The number of carboxylic acids is 1. The molecule has 6 heteroatoms. The Morgan fingerprint density at radius 1 is 1.07 bits per heavy atom. The fourth-order valence-corrected chi connectivity index (χ4v) is 5.37. The van der Waals surface area contributed by atoms with Crippen molar-refractivity contribution in [3.63, 3.8) is 0 Å². The summed E-state index contributed by atoms with van der Waals surface area (Å²) < 4.78 is 6.15. The molecule has 0 spiro atoms. The molecule has 2 bridgehead atoms. The van der Waals surface area contributed by atoms with Crippen LogP contribution in [0.5, 0.6) is 0 Å². The van der Waals surface area contributed by atoms with Gasteiger partial charge in [0.1, 0.15) is 0 Å². The van der Waals surface area contributed by atoms with E-state index in [-0.39, 0.29) is 29.8 Å². The van der Waals surface area contributed by atoms with Gasteiger partial charge in [-0.05, 0) is 62.1 Å². The van der Waals surface area contributed by atoms with Gasteiger partial charge < -0.3 is 15.3 Å². The molecule has 1 aliphatic carbocycles. The van der Waals surface area contributed by atoms with Crippen molar-refractivity contribution in [2.75, 3.05) is 6.54 Å². The lowest BCUT2D eigenvalue weighted by molar-refractivity contribution is -0.122. The first-order valence-electron chi connectivity index (χ1n) is 11.4. The zero-order valence-electron chi connectivity index (χ0n) is 17.5. The molecule has 4 rings (SSSR count). The van der Waals surface area contributed by atoms with Crippen LogP contribution in [0.4, 0.5) is 0 Å². The summed E-state index contributed by atoms with van der Waals surface area (Å²) in [5, 5.41) is 13.4. The summed E-state index contributed by atoms with van der Waals surface area (Å²) in [6, 6.07) is 7.14. The molecule has 3 aliphatic rings. The van der Waals surface area contributed by atoms with E-state index in [2.05, 4.69) is 10.5 Å². The van der Waals surface area contributed by atoms with Crippen LogP contribution in [0.15, 0.2) is 29.4 Å². The highest BCUT2D eigenvalue weighted by Crippen LogP contribution is 2.44. The van der Waals surface area contributed by atoms with E-state index in [0.717, 1.165) is 44.1 Å². The molecule has 4 unspecified atom stereocenters. The number of carbonyl (C=O) groups excluding carboxylic acids is 1. The van der Waals surface area contributed by atoms with Crippen LogP contribution in [0.2, 0.25) is 0 Å². The number of benzene rings is 1. The predicted molar refractivity (Wildman–Crippen MR) is 115 cm³/mol. The van der Waals surface area contributed by atoms with Crippen LogP contribution < -0.4 is 5.43 Å². The van der Waals surface area contributed by atoms with Crippen LogP contribution in [0.25, 0.3) is 0 Å². The lowest BCUT2D eigenvalue weighted by Gasteiger charge is -2.25. The Kier molecular flexibility index (Phi) is 6.82.